The van der Waals surface area contributed by atoms with Gasteiger partial charge in [0.25, 0.3) is 0 Å². The van der Waals surface area contributed by atoms with Gasteiger partial charge in [0.05, 0.1) is 5.56 Å². The van der Waals surface area contributed by atoms with Crippen molar-refractivity contribution in [2.45, 2.75) is 19.3 Å². The monoisotopic (exact) mass is 373 g/mol. The van der Waals surface area contributed by atoms with Gasteiger partial charge in [-0.15, -0.1) is 0 Å². The number of carbonyl (C=O) groups is 1. The number of aromatic amines is 1. The van der Waals surface area contributed by atoms with Gasteiger partial charge in [-0.3, -0.25) is 4.79 Å². The van der Waals surface area contributed by atoms with Crippen LogP contribution in [0.15, 0.2) is 47.1 Å². The van der Waals surface area contributed by atoms with Gasteiger partial charge < -0.3 is 15.2 Å². The first-order valence-electron chi connectivity index (χ1n) is 7.35. The predicted octanol–water partition coefficient (Wildman–Crippen LogP) is 4.55. The number of phenolic OH excluding ortho intramolecular Hbond substituents is 2. The first-order valence-corrected chi connectivity index (χ1v) is 8.14. The van der Waals surface area contributed by atoms with Gasteiger partial charge in [0.15, 0.2) is 5.78 Å². The summed E-state index contributed by atoms with van der Waals surface area (Å²) in [5, 5.41) is 20.4. The van der Waals surface area contributed by atoms with Crippen LogP contribution >= 0.6 is 15.9 Å². The van der Waals surface area contributed by atoms with Crippen LogP contribution in [-0.4, -0.2) is 21.0 Å². The first kappa shape index (κ1) is 15.6. The molecule has 3 rings (SSSR count). The van der Waals surface area contributed by atoms with Crippen molar-refractivity contribution in [2.75, 3.05) is 0 Å². The van der Waals surface area contributed by atoms with Crippen molar-refractivity contribution in [3.8, 4) is 11.5 Å². The van der Waals surface area contributed by atoms with Crippen molar-refractivity contribution in [2.24, 2.45) is 0 Å². The number of rotatable bonds is 5. The largest absolute Gasteiger partial charge is 0.508 e. The van der Waals surface area contributed by atoms with Crippen molar-refractivity contribution in [1.82, 2.24) is 4.98 Å². The SMILES string of the molecule is O=C(CCCc1c[nH]c2ccc(O)cc12)c1ccc(Br)cc1O. The Morgan fingerprint density at radius 1 is 1.13 bits per heavy atom. The molecule has 0 aliphatic carbocycles. The summed E-state index contributed by atoms with van der Waals surface area (Å²) in [6, 6.07) is 10.1. The molecular formula is C18H16BrNO3. The van der Waals surface area contributed by atoms with E-state index in [2.05, 4.69) is 20.9 Å². The molecular weight excluding hydrogens is 358 g/mol. The van der Waals surface area contributed by atoms with Crippen LogP contribution in [0, 0.1) is 0 Å². The highest BCUT2D eigenvalue weighted by Crippen LogP contribution is 2.26. The summed E-state index contributed by atoms with van der Waals surface area (Å²) in [6.45, 7) is 0. The van der Waals surface area contributed by atoms with Crippen LogP contribution in [-0.2, 0) is 6.42 Å². The molecule has 0 aliphatic heterocycles. The van der Waals surface area contributed by atoms with Crippen LogP contribution in [0.25, 0.3) is 10.9 Å². The highest BCUT2D eigenvalue weighted by Gasteiger charge is 2.12. The number of aryl methyl sites for hydroxylation is 1. The quantitative estimate of drug-likeness (QED) is 0.574. The van der Waals surface area contributed by atoms with Crippen LogP contribution in [0.3, 0.4) is 0 Å². The molecule has 0 aliphatic rings. The summed E-state index contributed by atoms with van der Waals surface area (Å²) >= 11 is 3.26. The van der Waals surface area contributed by atoms with E-state index in [1.54, 1.807) is 24.3 Å². The topological polar surface area (TPSA) is 73.3 Å². The smallest absolute Gasteiger partial charge is 0.166 e. The highest BCUT2D eigenvalue weighted by molar-refractivity contribution is 9.10. The second-order valence-corrected chi connectivity index (χ2v) is 6.40. The number of H-pyrrole nitrogens is 1. The van der Waals surface area contributed by atoms with Crippen molar-refractivity contribution in [3.63, 3.8) is 0 Å². The Bertz CT molecular complexity index is 870. The van der Waals surface area contributed by atoms with E-state index in [0.717, 1.165) is 27.4 Å². The lowest BCUT2D eigenvalue weighted by Gasteiger charge is -2.04. The molecule has 0 bridgehead atoms. The number of aromatic nitrogens is 1. The predicted molar refractivity (Wildman–Crippen MR) is 93.0 cm³/mol. The molecule has 5 heteroatoms. The maximum absolute atomic E-state index is 12.2. The molecule has 0 atom stereocenters. The molecule has 1 aromatic heterocycles. The third kappa shape index (κ3) is 3.40. The fraction of sp³-hybridized carbons (Fsp3) is 0.167. The molecule has 1 heterocycles. The minimum atomic E-state index is -0.0716. The minimum Gasteiger partial charge on any atom is -0.508 e. The normalized spacial score (nSPS) is 11.0. The Morgan fingerprint density at radius 3 is 2.74 bits per heavy atom. The maximum atomic E-state index is 12.2. The molecule has 0 radical (unpaired) electrons. The number of benzene rings is 2. The fourth-order valence-corrected chi connectivity index (χ4v) is 3.04. The van der Waals surface area contributed by atoms with Gasteiger partial charge in [-0.25, -0.2) is 0 Å². The van der Waals surface area contributed by atoms with E-state index in [-0.39, 0.29) is 17.3 Å². The third-order valence-electron chi connectivity index (χ3n) is 3.86. The number of halogens is 1. The van der Waals surface area contributed by atoms with Gasteiger partial charge in [-0.2, -0.15) is 0 Å². The molecule has 23 heavy (non-hydrogen) atoms. The molecule has 0 amide bonds. The van der Waals surface area contributed by atoms with Crippen molar-refractivity contribution in [1.29, 1.82) is 0 Å². The summed E-state index contributed by atoms with van der Waals surface area (Å²) < 4.78 is 0.741. The first-order chi connectivity index (χ1) is 11.0. The van der Waals surface area contributed by atoms with Gasteiger partial charge in [-0.05, 0) is 54.8 Å². The standard InChI is InChI=1S/C18H16BrNO3/c19-12-4-6-14(18(23)8-12)17(22)3-1-2-11-10-20-16-7-5-13(21)9-15(11)16/h4-10,20-21,23H,1-3H2. The maximum Gasteiger partial charge on any atom is 0.166 e. The van der Waals surface area contributed by atoms with Crippen LogP contribution < -0.4 is 0 Å². The lowest BCUT2D eigenvalue weighted by molar-refractivity contribution is 0.0977. The Hall–Kier alpha value is -2.27. The fourth-order valence-electron chi connectivity index (χ4n) is 2.69. The zero-order valence-corrected chi connectivity index (χ0v) is 13.9. The molecule has 0 saturated heterocycles. The lowest BCUT2D eigenvalue weighted by atomic mass is 10.0. The molecule has 0 unspecified atom stereocenters. The number of carbonyl (C=O) groups excluding carboxylic acids is 1. The average Bonchev–Trinajstić information content (AvgIpc) is 2.89. The van der Waals surface area contributed by atoms with Gasteiger partial charge in [0.2, 0.25) is 0 Å². The molecule has 118 valence electrons. The summed E-state index contributed by atoms with van der Waals surface area (Å²) in [7, 11) is 0. The van der Waals surface area contributed by atoms with E-state index >= 15 is 0 Å². The molecule has 4 nitrogen and oxygen atoms in total. The summed E-state index contributed by atoms with van der Waals surface area (Å²) in [6.07, 6.45) is 3.68. The zero-order chi connectivity index (χ0) is 16.4. The number of hydrogen-bond donors (Lipinski definition) is 3. The Labute approximate surface area is 141 Å². The zero-order valence-electron chi connectivity index (χ0n) is 12.3. The molecule has 0 fully saturated rings. The van der Waals surface area contributed by atoms with E-state index in [0.29, 0.717) is 18.4 Å². The summed E-state index contributed by atoms with van der Waals surface area (Å²) in [5.74, 6) is 0.160. The molecule has 3 N–H and O–H groups in total. The Balaban J connectivity index is 1.66. The summed E-state index contributed by atoms with van der Waals surface area (Å²) in [5.41, 5.74) is 2.39. The van der Waals surface area contributed by atoms with Crippen molar-refractivity contribution in [3.05, 3.63) is 58.2 Å². The van der Waals surface area contributed by atoms with Gasteiger partial charge in [0, 0.05) is 28.0 Å². The number of Topliss-reactive ketones (excluding diaryl/α,β-unsaturated/α-hetero) is 1. The van der Waals surface area contributed by atoms with Crippen LogP contribution in [0.4, 0.5) is 0 Å². The number of aromatic hydroxyl groups is 2. The second-order valence-electron chi connectivity index (χ2n) is 5.48. The van der Waals surface area contributed by atoms with Crippen LogP contribution in [0.2, 0.25) is 0 Å². The van der Waals surface area contributed by atoms with Gasteiger partial charge >= 0.3 is 0 Å². The van der Waals surface area contributed by atoms with Crippen molar-refractivity contribution >= 4 is 32.6 Å². The lowest BCUT2D eigenvalue weighted by Crippen LogP contribution is -2.00. The summed E-state index contributed by atoms with van der Waals surface area (Å²) in [4.78, 5) is 15.4. The van der Waals surface area contributed by atoms with Crippen LogP contribution in [0.1, 0.15) is 28.8 Å². The molecule has 2 aromatic carbocycles. The number of ketones is 1. The van der Waals surface area contributed by atoms with E-state index in [4.69, 9.17) is 0 Å². The number of hydrogen-bond acceptors (Lipinski definition) is 3. The molecule has 0 saturated carbocycles. The minimum absolute atomic E-state index is 0.00129. The van der Waals surface area contributed by atoms with Gasteiger partial charge in [-0.1, -0.05) is 15.9 Å². The van der Waals surface area contributed by atoms with E-state index < -0.39 is 0 Å². The van der Waals surface area contributed by atoms with E-state index in [1.165, 1.54) is 6.07 Å². The average molecular weight is 374 g/mol. The number of nitrogens with one attached hydrogen (secondary N) is 1. The number of phenols is 2. The second kappa shape index (κ2) is 6.46. The Kier molecular flexibility index (Phi) is 4.39. The molecule has 3 aromatic rings. The van der Waals surface area contributed by atoms with Crippen LogP contribution in [0.5, 0.6) is 11.5 Å². The highest BCUT2D eigenvalue weighted by atomic mass is 79.9. The van der Waals surface area contributed by atoms with Crippen molar-refractivity contribution < 1.29 is 15.0 Å². The third-order valence-corrected chi connectivity index (χ3v) is 4.35. The van der Waals surface area contributed by atoms with Gasteiger partial charge in [0.1, 0.15) is 11.5 Å². The number of fused-ring (bicyclic) bond motifs is 1. The molecule has 0 spiro atoms. The Morgan fingerprint density at radius 2 is 1.96 bits per heavy atom. The van der Waals surface area contributed by atoms with E-state index in [9.17, 15) is 15.0 Å². The van der Waals surface area contributed by atoms with E-state index in [1.807, 2.05) is 12.3 Å².